The first-order chi connectivity index (χ1) is 9.10. The Hall–Kier alpha value is -2.34. The van der Waals surface area contributed by atoms with Crippen molar-refractivity contribution in [1.82, 2.24) is 4.98 Å². The fourth-order valence-electron chi connectivity index (χ4n) is 1.51. The number of halogens is 1. The maximum absolute atomic E-state index is 10.8. The van der Waals surface area contributed by atoms with Crippen LogP contribution in [0.1, 0.15) is 0 Å². The second kappa shape index (κ2) is 5.53. The number of benzene rings is 1. The van der Waals surface area contributed by atoms with Crippen molar-refractivity contribution >= 4 is 34.6 Å². The first-order valence-corrected chi connectivity index (χ1v) is 5.83. The molecule has 1 aromatic carbocycles. The first-order valence-electron chi connectivity index (χ1n) is 5.46. The molecule has 0 spiro atoms. The molecule has 0 aliphatic rings. The average molecular weight is 279 g/mol. The van der Waals surface area contributed by atoms with Gasteiger partial charge in [0.1, 0.15) is 11.6 Å². The van der Waals surface area contributed by atoms with Gasteiger partial charge in [0.15, 0.2) is 0 Å². The molecule has 0 bridgehead atoms. The van der Waals surface area contributed by atoms with Crippen molar-refractivity contribution in [2.24, 2.45) is 0 Å². The van der Waals surface area contributed by atoms with Crippen LogP contribution in [0.2, 0.25) is 5.02 Å². The van der Waals surface area contributed by atoms with Crippen LogP contribution in [-0.2, 0) is 0 Å². The highest BCUT2D eigenvalue weighted by Gasteiger charge is 2.11. The molecular formula is C12H11ClN4O2. The SMILES string of the molecule is CNc1cc([N+](=O)[O-])cc(Nc2ccccc2Cl)n1. The van der Waals surface area contributed by atoms with Crippen LogP contribution in [0.4, 0.5) is 23.0 Å². The van der Waals surface area contributed by atoms with Crippen molar-refractivity contribution in [3.8, 4) is 0 Å². The molecule has 0 unspecified atom stereocenters. The van der Waals surface area contributed by atoms with Crippen LogP contribution in [-0.4, -0.2) is 17.0 Å². The summed E-state index contributed by atoms with van der Waals surface area (Å²) in [5.41, 5.74) is 0.591. The highest BCUT2D eigenvalue weighted by molar-refractivity contribution is 6.33. The first kappa shape index (κ1) is 13.1. The van der Waals surface area contributed by atoms with Crippen LogP contribution < -0.4 is 10.6 Å². The lowest BCUT2D eigenvalue weighted by Crippen LogP contribution is -2.00. The van der Waals surface area contributed by atoms with Gasteiger partial charge in [-0.15, -0.1) is 0 Å². The Morgan fingerprint density at radius 2 is 1.95 bits per heavy atom. The smallest absolute Gasteiger partial charge is 0.276 e. The minimum atomic E-state index is -0.472. The summed E-state index contributed by atoms with van der Waals surface area (Å²) in [5.74, 6) is 0.760. The number of anilines is 3. The van der Waals surface area contributed by atoms with Gasteiger partial charge in [0.25, 0.3) is 5.69 Å². The van der Waals surface area contributed by atoms with Crippen molar-refractivity contribution in [1.29, 1.82) is 0 Å². The van der Waals surface area contributed by atoms with E-state index < -0.39 is 4.92 Å². The van der Waals surface area contributed by atoms with Crippen LogP contribution in [0.15, 0.2) is 36.4 Å². The zero-order valence-electron chi connectivity index (χ0n) is 10.1. The number of aromatic nitrogens is 1. The van der Waals surface area contributed by atoms with Crippen molar-refractivity contribution in [2.45, 2.75) is 0 Å². The van der Waals surface area contributed by atoms with Crippen molar-refractivity contribution in [2.75, 3.05) is 17.7 Å². The number of hydrogen-bond donors (Lipinski definition) is 2. The molecule has 2 N–H and O–H groups in total. The van der Waals surface area contributed by atoms with Crippen LogP contribution in [0.3, 0.4) is 0 Å². The largest absolute Gasteiger partial charge is 0.373 e. The molecule has 2 aromatic rings. The third-order valence-electron chi connectivity index (χ3n) is 2.41. The Labute approximate surface area is 114 Å². The standard InChI is InChI=1S/C12H11ClN4O2/c1-14-11-6-8(17(18)19)7-12(16-11)15-10-5-3-2-4-9(10)13/h2-7H,1H3,(H2,14,15,16). The summed E-state index contributed by atoms with van der Waals surface area (Å²) in [7, 11) is 1.64. The Morgan fingerprint density at radius 1 is 1.26 bits per heavy atom. The van der Waals surface area contributed by atoms with Gasteiger partial charge in [0, 0.05) is 7.05 Å². The molecule has 0 aliphatic heterocycles. The summed E-state index contributed by atoms with van der Waals surface area (Å²) < 4.78 is 0. The second-order valence-corrected chi connectivity index (χ2v) is 4.11. The minimum absolute atomic E-state index is 0.0473. The van der Waals surface area contributed by atoms with Crippen molar-refractivity contribution < 1.29 is 4.92 Å². The lowest BCUT2D eigenvalue weighted by molar-refractivity contribution is -0.384. The van der Waals surface area contributed by atoms with Crippen molar-refractivity contribution in [3.05, 3.63) is 51.5 Å². The lowest BCUT2D eigenvalue weighted by atomic mass is 10.3. The molecule has 0 atom stereocenters. The number of nitro groups is 1. The molecule has 0 saturated carbocycles. The second-order valence-electron chi connectivity index (χ2n) is 3.71. The molecular weight excluding hydrogens is 268 g/mol. The van der Waals surface area contributed by atoms with E-state index in [-0.39, 0.29) is 5.69 Å². The van der Waals surface area contributed by atoms with E-state index >= 15 is 0 Å². The van der Waals surface area contributed by atoms with Gasteiger partial charge in [-0.25, -0.2) is 4.98 Å². The quantitative estimate of drug-likeness (QED) is 0.661. The van der Waals surface area contributed by atoms with Crippen molar-refractivity contribution in [3.63, 3.8) is 0 Å². The van der Waals surface area contributed by atoms with Crippen LogP contribution >= 0.6 is 11.6 Å². The van der Waals surface area contributed by atoms with E-state index in [1.165, 1.54) is 12.1 Å². The van der Waals surface area contributed by atoms with E-state index in [9.17, 15) is 10.1 Å². The summed E-state index contributed by atoms with van der Waals surface area (Å²) in [6.45, 7) is 0. The van der Waals surface area contributed by atoms with Gasteiger partial charge < -0.3 is 10.6 Å². The van der Waals surface area contributed by atoms with E-state index in [2.05, 4.69) is 15.6 Å². The highest BCUT2D eigenvalue weighted by atomic mass is 35.5. The molecule has 7 heteroatoms. The Kier molecular flexibility index (Phi) is 3.82. The van der Waals surface area contributed by atoms with Gasteiger partial charge in [0.2, 0.25) is 0 Å². The van der Waals surface area contributed by atoms with E-state index in [0.29, 0.717) is 22.3 Å². The molecule has 98 valence electrons. The maximum Gasteiger partial charge on any atom is 0.276 e. The highest BCUT2D eigenvalue weighted by Crippen LogP contribution is 2.27. The monoisotopic (exact) mass is 278 g/mol. The molecule has 19 heavy (non-hydrogen) atoms. The number of pyridine rings is 1. The van der Waals surface area contributed by atoms with E-state index in [1.807, 2.05) is 6.07 Å². The normalized spacial score (nSPS) is 10.0. The molecule has 2 rings (SSSR count). The average Bonchev–Trinajstić information content (AvgIpc) is 2.41. The Bertz CT molecular complexity index is 618. The minimum Gasteiger partial charge on any atom is -0.373 e. The predicted octanol–water partition coefficient (Wildman–Crippen LogP) is 3.43. The Balaban J connectivity index is 2.37. The Morgan fingerprint density at radius 3 is 2.58 bits per heavy atom. The lowest BCUT2D eigenvalue weighted by Gasteiger charge is -2.08. The van der Waals surface area contributed by atoms with E-state index in [4.69, 9.17) is 11.6 Å². The zero-order valence-corrected chi connectivity index (χ0v) is 10.8. The number of rotatable bonds is 4. The molecule has 0 amide bonds. The predicted molar refractivity (Wildman–Crippen MR) is 75.2 cm³/mol. The number of nitrogens with zero attached hydrogens (tertiary/aromatic N) is 2. The topological polar surface area (TPSA) is 80.1 Å². The maximum atomic E-state index is 10.8. The third kappa shape index (κ3) is 3.11. The fraction of sp³-hybridized carbons (Fsp3) is 0.0833. The van der Waals surface area contributed by atoms with E-state index in [1.54, 1.807) is 25.2 Å². The van der Waals surface area contributed by atoms with Gasteiger partial charge in [-0.05, 0) is 12.1 Å². The van der Waals surface area contributed by atoms with Crippen LogP contribution in [0.25, 0.3) is 0 Å². The van der Waals surface area contributed by atoms with Gasteiger partial charge in [-0.1, -0.05) is 23.7 Å². The summed E-state index contributed by atoms with van der Waals surface area (Å²) in [4.78, 5) is 14.6. The van der Waals surface area contributed by atoms with Gasteiger partial charge in [0.05, 0.1) is 27.8 Å². The zero-order chi connectivity index (χ0) is 13.8. The fourth-order valence-corrected chi connectivity index (χ4v) is 1.70. The summed E-state index contributed by atoms with van der Waals surface area (Å²) >= 11 is 6.01. The number of para-hydroxylation sites is 1. The summed E-state index contributed by atoms with van der Waals surface area (Å²) in [6, 6.07) is 9.81. The molecule has 1 aromatic heterocycles. The molecule has 6 nitrogen and oxygen atoms in total. The molecule has 1 heterocycles. The molecule has 0 aliphatic carbocycles. The van der Waals surface area contributed by atoms with Gasteiger partial charge >= 0.3 is 0 Å². The molecule has 0 saturated heterocycles. The summed E-state index contributed by atoms with van der Waals surface area (Å²) in [5, 5.41) is 17.1. The molecule has 0 fully saturated rings. The van der Waals surface area contributed by atoms with Gasteiger partial charge in [-0.2, -0.15) is 0 Å². The van der Waals surface area contributed by atoms with Gasteiger partial charge in [-0.3, -0.25) is 10.1 Å². The van der Waals surface area contributed by atoms with E-state index in [0.717, 1.165) is 0 Å². The van der Waals surface area contributed by atoms with Crippen LogP contribution in [0, 0.1) is 10.1 Å². The van der Waals surface area contributed by atoms with Crippen LogP contribution in [0.5, 0.6) is 0 Å². The number of nitrogens with one attached hydrogen (secondary N) is 2. The molecule has 0 radical (unpaired) electrons. The summed E-state index contributed by atoms with van der Waals surface area (Å²) in [6.07, 6.45) is 0. The third-order valence-corrected chi connectivity index (χ3v) is 2.74. The number of hydrogen-bond acceptors (Lipinski definition) is 5.